The van der Waals surface area contributed by atoms with Crippen molar-refractivity contribution in [1.82, 2.24) is 0 Å². The molecule has 1 aromatic rings. The Morgan fingerprint density at radius 1 is 1.62 bits per heavy atom. The van der Waals surface area contributed by atoms with E-state index in [1.54, 1.807) is 12.1 Å². The molecule has 0 unspecified atom stereocenters. The Morgan fingerprint density at radius 3 is 2.88 bits per heavy atom. The number of carboxylic acids is 1. The highest BCUT2D eigenvalue weighted by Crippen LogP contribution is 2.21. The first-order valence-corrected chi connectivity index (χ1v) is 5.10. The number of azide groups is 1. The molecule has 0 fully saturated rings. The van der Waals surface area contributed by atoms with Gasteiger partial charge in [0.1, 0.15) is 5.70 Å². The highest BCUT2D eigenvalue weighted by Gasteiger charge is 2.06. The van der Waals surface area contributed by atoms with Gasteiger partial charge in [-0.3, -0.25) is 0 Å². The van der Waals surface area contributed by atoms with Gasteiger partial charge in [-0.15, -0.1) is 0 Å². The Hall–Kier alpha value is -1.78. The van der Waals surface area contributed by atoms with E-state index in [4.69, 9.17) is 10.6 Å². The van der Waals surface area contributed by atoms with Gasteiger partial charge < -0.3 is 5.11 Å². The Labute approximate surface area is 100 Å². The van der Waals surface area contributed by atoms with E-state index >= 15 is 0 Å². The molecule has 0 saturated heterocycles. The van der Waals surface area contributed by atoms with Crippen molar-refractivity contribution in [2.24, 2.45) is 5.11 Å². The topological polar surface area (TPSA) is 86.1 Å². The lowest BCUT2D eigenvalue weighted by Crippen LogP contribution is -1.97. The van der Waals surface area contributed by atoms with Gasteiger partial charge >= 0.3 is 5.97 Å². The number of nitrogens with zero attached hydrogens (tertiary/aromatic N) is 3. The summed E-state index contributed by atoms with van der Waals surface area (Å²) in [6.45, 7) is 1.84. The number of rotatable bonds is 3. The summed E-state index contributed by atoms with van der Waals surface area (Å²) < 4.78 is 0.868. The Bertz CT molecular complexity index is 501. The number of carboxylic acid groups (broad SMARTS) is 1. The molecule has 0 atom stereocenters. The maximum absolute atomic E-state index is 10.7. The van der Waals surface area contributed by atoms with E-state index in [1.165, 1.54) is 6.08 Å². The monoisotopic (exact) mass is 281 g/mol. The average molecular weight is 282 g/mol. The standard InChI is InChI=1S/C10H8BrN3O2/c1-6-7(3-2-4-8(6)11)5-9(10(15)16)13-14-12/h2-5H,1H3,(H,15,16)/b9-5-. The number of halogens is 1. The van der Waals surface area contributed by atoms with Crippen LogP contribution in [0, 0.1) is 6.92 Å². The predicted molar refractivity (Wildman–Crippen MR) is 63.6 cm³/mol. The van der Waals surface area contributed by atoms with Gasteiger partial charge in [-0.25, -0.2) is 4.79 Å². The van der Waals surface area contributed by atoms with Crippen molar-refractivity contribution in [1.29, 1.82) is 0 Å². The molecule has 0 aliphatic carbocycles. The molecule has 5 nitrogen and oxygen atoms in total. The first-order valence-electron chi connectivity index (χ1n) is 4.31. The fourth-order valence-electron chi connectivity index (χ4n) is 1.11. The van der Waals surface area contributed by atoms with Gasteiger partial charge in [0.25, 0.3) is 0 Å². The van der Waals surface area contributed by atoms with Crippen molar-refractivity contribution >= 4 is 28.0 Å². The van der Waals surface area contributed by atoms with Gasteiger partial charge in [0.2, 0.25) is 0 Å². The number of benzene rings is 1. The van der Waals surface area contributed by atoms with Crippen LogP contribution in [-0.4, -0.2) is 11.1 Å². The largest absolute Gasteiger partial charge is 0.478 e. The van der Waals surface area contributed by atoms with E-state index in [-0.39, 0.29) is 5.70 Å². The zero-order chi connectivity index (χ0) is 12.1. The quantitative estimate of drug-likeness (QED) is 0.398. The molecule has 0 spiro atoms. The van der Waals surface area contributed by atoms with Crippen molar-refractivity contribution in [3.63, 3.8) is 0 Å². The summed E-state index contributed by atoms with van der Waals surface area (Å²) in [5.74, 6) is -1.25. The molecule has 1 aromatic carbocycles. The van der Waals surface area contributed by atoms with Crippen molar-refractivity contribution < 1.29 is 9.90 Å². The Morgan fingerprint density at radius 2 is 2.31 bits per heavy atom. The van der Waals surface area contributed by atoms with Crippen LogP contribution in [0.5, 0.6) is 0 Å². The molecular weight excluding hydrogens is 274 g/mol. The van der Waals surface area contributed by atoms with Gasteiger partial charge in [-0.05, 0) is 35.7 Å². The lowest BCUT2D eigenvalue weighted by molar-refractivity contribution is -0.132. The minimum atomic E-state index is -1.25. The van der Waals surface area contributed by atoms with Gasteiger partial charge in [0, 0.05) is 9.38 Å². The number of hydrogen-bond acceptors (Lipinski definition) is 2. The minimum Gasteiger partial charge on any atom is -0.478 e. The summed E-state index contributed by atoms with van der Waals surface area (Å²) in [5, 5.41) is 11.9. The fraction of sp³-hybridized carbons (Fsp3) is 0.100. The van der Waals surface area contributed by atoms with Crippen LogP contribution >= 0.6 is 15.9 Å². The molecule has 16 heavy (non-hydrogen) atoms. The number of carbonyl (C=O) groups is 1. The molecule has 0 heterocycles. The lowest BCUT2D eigenvalue weighted by atomic mass is 10.1. The van der Waals surface area contributed by atoms with Crippen LogP contribution in [0.3, 0.4) is 0 Å². The van der Waals surface area contributed by atoms with E-state index in [0.29, 0.717) is 5.56 Å². The van der Waals surface area contributed by atoms with Gasteiger partial charge in [0.15, 0.2) is 0 Å². The van der Waals surface area contributed by atoms with Crippen molar-refractivity contribution in [3.8, 4) is 0 Å². The SMILES string of the molecule is Cc1c(Br)cccc1/C=C(\N=[N+]=[N-])C(=O)O. The molecule has 0 radical (unpaired) electrons. The molecule has 0 amide bonds. The predicted octanol–water partition coefficient (Wildman–Crippen LogP) is 3.49. The summed E-state index contributed by atoms with van der Waals surface area (Å²) in [6, 6.07) is 5.37. The van der Waals surface area contributed by atoms with Crippen LogP contribution in [0.2, 0.25) is 0 Å². The van der Waals surface area contributed by atoms with Crippen LogP contribution in [0.15, 0.2) is 33.5 Å². The van der Waals surface area contributed by atoms with Crippen LogP contribution in [0.1, 0.15) is 11.1 Å². The number of hydrogen-bond donors (Lipinski definition) is 1. The van der Waals surface area contributed by atoms with Crippen LogP contribution in [0.25, 0.3) is 16.5 Å². The second kappa shape index (κ2) is 5.34. The normalized spacial score (nSPS) is 10.8. The molecule has 0 bridgehead atoms. The smallest absolute Gasteiger partial charge is 0.338 e. The van der Waals surface area contributed by atoms with Crippen molar-refractivity contribution in [2.45, 2.75) is 6.92 Å². The van der Waals surface area contributed by atoms with Crippen molar-refractivity contribution in [3.05, 3.63) is 49.9 Å². The molecule has 0 aliphatic rings. The third kappa shape index (κ3) is 2.85. The zero-order valence-electron chi connectivity index (χ0n) is 8.38. The first kappa shape index (κ1) is 12.3. The van der Waals surface area contributed by atoms with E-state index < -0.39 is 5.97 Å². The third-order valence-corrected chi connectivity index (χ3v) is 2.83. The molecular formula is C10H8BrN3O2. The summed E-state index contributed by atoms with van der Waals surface area (Å²) >= 11 is 3.33. The van der Waals surface area contributed by atoms with E-state index in [9.17, 15) is 4.79 Å². The Kier molecular flexibility index (Phi) is 4.10. The second-order valence-electron chi connectivity index (χ2n) is 2.98. The van der Waals surface area contributed by atoms with Crippen LogP contribution in [0.4, 0.5) is 0 Å². The average Bonchev–Trinajstić information content (AvgIpc) is 2.23. The zero-order valence-corrected chi connectivity index (χ0v) is 9.97. The third-order valence-electron chi connectivity index (χ3n) is 1.97. The summed E-state index contributed by atoms with van der Waals surface area (Å²) in [4.78, 5) is 13.2. The van der Waals surface area contributed by atoms with E-state index in [1.807, 2.05) is 13.0 Å². The van der Waals surface area contributed by atoms with Gasteiger partial charge in [-0.1, -0.05) is 33.2 Å². The number of aliphatic carboxylic acids is 1. The molecule has 0 saturated carbocycles. The summed E-state index contributed by atoms with van der Waals surface area (Å²) in [5.41, 5.74) is 9.48. The molecule has 0 aliphatic heterocycles. The molecule has 1 rings (SSSR count). The van der Waals surface area contributed by atoms with Crippen LogP contribution in [-0.2, 0) is 4.79 Å². The first-order chi connectivity index (χ1) is 7.56. The second-order valence-corrected chi connectivity index (χ2v) is 3.83. The lowest BCUT2D eigenvalue weighted by Gasteiger charge is -2.03. The van der Waals surface area contributed by atoms with Gasteiger partial charge in [-0.2, -0.15) is 0 Å². The maximum Gasteiger partial charge on any atom is 0.338 e. The molecule has 1 N–H and O–H groups in total. The molecule has 6 heteroatoms. The maximum atomic E-state index is 10.7. The fourth-order valence-corrected chi connectivity index (χ4v) is 1.49. The molecule has 82 valence electrons. The van der Waals surface area contributed by atoms with E-state index in [2.05, 4.69) is 26.0 Å². The molecule has 0 aromatic heterocycles. The summed E-state index contributed by atoms with van der Waals surface area (Å²) in [7, 11) is 0. The highest BCUT2D eigenvalue weighted by molar-refractivity contribution is 9.10. The minimum absolute atomic E-state index is 0.330. The van der Waals surface area contributed by atoms with Crippen molar-refractivity contribution in [2.75, 3.05) is 0 Å². The van der Waals surface area contributed by atoms with E-state index in [0.717, 1.165) is 10.0 Å². The highest BCUT2D eigenvalue weighted by atomic mass is 79.9. The summed E-state index contributed by atoms with van der Waals surface area (Å²) in [6.07, 6.45) is 1.34. The Balaban J connectivity index is 3.28. The van der Waals surface area contributed by atoms with Gasteiger partial charge in [0.05, 0.1) is 0 Å². The van der Waals surface area contributed by atoms with Crippen LogP contribution < -0.4 is 0 Å².